The molecule has 0 spiro atoms. The molecule has 1 amide bonds. The Labute approximate surface area is 118 Å². The number of hydrogen-bond acceptors (Lipinski definition) is 3. The van der Waals surface area contributed by atoms with E-state index in [1.54, 1.807) is 0 Å². The van der Waals surface area contributed by atoms with Crippen LogP contribution in [0.25, 0.3) is 0 Å². The predicted molar refractivity (Wildman–Crippen MR) is 78.3 cm³/mol. The summed E-state index contributed by atoms with van der Waals surface area (Å²) in [5, 5.41) is 2.87. The second-order valence-corrected chi connectivity index (χ2v) is 4.74. The van der Waals surface area contributed by atoms with E-state index in [-0.39, 0.29) is 5.91 Å². The van der Waals surface area contributed by atoms with Crippen LogP contribution in [0, 0.1) is 0 Å². The number of hydrogen-bond donors (Lipinski definition) is 1. The third kappa shape index (κ3) is 15.3. The maximum absolute atomic E-state index is 11.5. The third-order valence-corrected chi connectivity index (χ3v) is 2.80. The van der Waals surface area contributed by atoms with Crippen LogP contribution in [0.3, 0.4) is 0 Å². The van der Waals surface area contributed by atoms with Gasteiger partial charge in [0.05, 0.1) is 19.8 Å². The summed E-state index contributed by atoms with van der Waals surface area (Å²) >= 11 is 0. The Morgan fingerprint density at radius 3 is 2.21 bits per heavy atom. The van der Waals surface area contributed by atoms with Gasteiger partial charge in [0, 0.05) is 19.6 Å². The average Bonchev–Trinajstić information content (AvgIpc) is 2.41. The number of amides is 1. The summed E-state index contributed by atoms with van der Waals surface area (Å²) < 4.78 is 10.6. The summed E-state index contributed by atoms with van der Waals surface area (Å²) in [7, 11) is 0. The quantitative estimate of drug-likeness (QED) is 0.495. The molecule has 0 unspecified atom stereocenters. The van der Waals surface area contributed by atoms with Crippen LogP contribution in [0.5, 0.6) is 0 Å². The van der Waals surface area contributed by atoms with Crippen LogP contribution < -0.4 is 5.32 Å². The normalized spacial score (nSPS) is 10.6. The van der Waals surface area contributed by atoms with Crippen LogP contribution in [0.1, 0.15) is 58.8 Å². The maximum Gasteiger partial charge on any atom is 0.220 e. The molecule has 0 heterocycles. The average molecular weight is 273 g/mol. The van der Waals surface area contributed by atoms with Gasteiger partial charge >= 0.3 is 0 Å². The lowest BCUT2D eigenvalue weighted by atomic mass is 10.1. The second-order valence-electron chi connectivity index (χ2n) is 4.74. The van der Waals surface area contributed by atoms with Crippen molar-refractivity contribution in [3.05, 3.63) is 0 Å². The first-order valence-electron chi connectivity index (χ1n) is 7.73. The minimum absolute atomic E-state index is 0.141. The summed E-state index contributed by atoms with van der Waals surface area (Å²) in [5.74, 6) is 0.141. The van der Waals surface area contributed by atoms with Gasteiger partial charge in [-0.15, -0.1) is 0 Å². The fraction of sp³-hybridized carbons (Fsp3) is 0.933. The van der Waals surface area contributed by atoms with Gasteiger partial charge in [0.1, 0.15) is 0 Å². The zero-order valence-corrected chi connectivity index (χ0v) is 12.7. The summed E-state index contributed by atoms with van der Waals surface area (Å²) in [4.78, 5) is 11.5. The van der Waals surface area contributed by atoms with Crippen molar-refractivity contribution in [3.63, 3.8) is 0 Å². The Hall–Kier alpha value is -0.610. The zero-order chi connectivity index (χ0) is 14.2. The number of ether oxygens (including phenoxy) is 2. The molecule has 0 atom stereocenters. The monoisotopic (exact) mass is 273 g/mol. The minimum atomic E-state index is 0.141. The Bertz CT molecular complexity index is 198. The van der Waals surface area contributed by atoms with Crippen molar-refractivity contribution in [3.8, 4) is 0 Å². The van der Waals surface area contributed by atoms with Crippen molar-refractivity contribution in [2.75, 3.05) is 33.0 Å². The SMILES string of the molecule is CCCCCCCC(=O)NCCOCCOCCC. The number of nitrogens with one attached hydrogen (secondary N) is 1. The molecule has 0 fully saturated rings. The van der Waals surface area contributed by atoms with E-state index in [4.69, 9.17) is 9.47 Å². The number of rotatable bonds is 14. The lowest BCUT2D eigenvalue weighted by Crippen LogP contribution is -2.27. The standard InChI is InChI=1S/C15H31NO3/c1-3-5-6-7-8-9-15(17)16-10-12-19-14-13-18-11-4-2/h3-14H2,1-2H3,(H,16,17). The number of carbonyl (C=O) groups is 1. The summed E-state index contributed by atoms with van der Waals surface area (Å²) in [6.07, 6.45) is 7.59. The van der Waals surface area contributed by atoms with Gasteiger partial charge < -0.3 is 14.8 Å². The van der Waals surface area contributed by atoms with Gasteiger partial charge in [-0.25, -0.2) is 0 Å². The molecule has 0 aliphatic rings. The highest BCUT2D eigenvalue weighted by Gasteiger charge is 2.00. The van der Waals surface area contributed by atoms with E-state index >= 15 is 0 Å². The van der Waals surface area contributed by atoms with E-state index in [1.807, 2.05) is 0 Å². The molecule has 19 heavy (non-hydrogen) atoms. The summed E-state index contributed by atoms with van der Waals surface area (Å²) in [6.45, 7) is 7.47. The van der Waals surface area contributed by atoms with Crippen LogP contribution in [-0.2, 0) is 14.3 Å². The second kappa shape index (κ2) is 15.4. The van der Waals surface area contributed by atoms with E-state index in [0.717, 1.165) is 25.9 Å². The molecule has 0 aromatic carbocycles. The number of carbonyl (C=O) groups excluding carboxylic acids is 1. The molecule has 0 aliphatic carbocycles. The van der Waals surface area contributed by atoms with E-state index in [1.165, 1.54) is 19.3 Å². The predicted octanol–water partition coefficient (Wildman–Crippen LogP) is 2.91. The molecule has 0 aromatic rings. The lowest BCUT2D eigenvalue weighted by Gasteiger charge is -2.07. The van der Waals surface area contributed by atoms with E-state index < -0.39 is 0 Å². The highest BCUT2D eigenvalue weighted by atomic mass is 16.5. The van der Waals surface area contributed by atoms with Crippen LogP contribution in [-0.4, -0.2) is 38.9 Å². The highest BCUT2D eigenvalue weighted by Crippen LogP contribution is 2.04. The van der Waals surface area contributed by atoms with Crippen molar-refractivity contribution in [1.82, 2.24) is 5.32 Å². The van der Waals surface area contributed by atoms with Crippen molar-refractivity contribution in [2.45, 2.75) is 58.8 Å². The molecule has 0 radical (unpaired) electrons. The Balaban J connectivity index is 3.12. The van der Waals surface area contributed by atoms with Crippen molar-refractivity contribution in [1.29, 1.82) is 0 Å². The van der Waals surface area contributed by atoms with Gasteiger partial charge in [0.25, 0.3) is 0 Å². The highest BCUT2D eigenvalue weighted by molar-refractivity contribution is 5.75. The largest absolute Gasteiger partial charge is 0.379 e. The molecule has 4 heteroatoms. The van der Waals surface area contributed by atoms with Crippen LogP contribution >= 0.6 is 0 Å². The molecule has 0 bridgehead atoms. The first kappa shape index (κ1) is 18.4. The first-order valence-corrected chi connectivity index (χ1v) is 7.73. The fourth-order valence-electron chi connectivity index (χ4n) is 1.71. The molecular weight excluding hydrogens is 242 g/mol. The van der Waals surface area contributed by atoms with E-state index in [9.17, 15) is 4.79 Å². The van der Waals surface area contributed by atoms with Gasteiger partial charge in [-0.1, -0.05) is 39.5 Å². The lowest BCUT2D eigenvalue weighted by molar-refractivity contribution is -0.121. The van der Waals surface area contributed by atoms with Gasteiger partial charge in [-0.3, -0.25) is 4.79 Å². The van der Waals surface area contributed by atoms with Crippen molar-refractivity contribution in [2.24, 2.45) is 0 Å². The molecule has 114 valence electrons. The van der Waals surface area contributed by atoms with Gasteiger partial charge in [-0.2, -0.15) is 0 Å². The zero-order valence-electron chi connectivity index (χ0n) is 12.7. The smallest absolute Gasteiger partial charge is 0.220 e. The first-order chi connectivity index (χ1) is 9.31. The molecule has 0 rings (SSSR count). The summed E-state index contributed by atoms with van der Waals surface area (Å²) in [5.41, 5.74) is 0. The Morgan fingerprint density at radius 2 is 1.53 bits per heavy atom. The maximum atomic E-state index is 11.5. The molecular formula is C15H31NO3. The van der Waals surface area contributed by atoms with Crippen LogP contribution in [0.15, 0.2) is 0 Å². The van der Waals surface area contributed by atoms with Crippen molar-refractivity contribution >= 4 is 5.91 Å². The van der Waals surface area contributed by atoms with Gasteiger partial charge in [0.15, 0.2) is 0 Å². The van der Waals surface area contributed by atoms with E-state index in [0.29, 0.717) is 32.8 Å². The molecule has 0 aliphatic heterocycles. The molecule has 0 saturated heterocycles. The van der Waals surface area contributed by atoms with Gasteiger partial charge in [0.2, 0.25) is 5.91 Å². The van der Waals surface area contributed by atoms with E-state index in [2.05, 4.69) is 19.2 Å². The third-order valence-electron chi connectivity index (χ3n) is 2.80. The van der Waals surface area contributed by atoms with Crippen LogP contribution in [0.2, 0.25) is 0 Å². The molecule has 0 saturated carbocycles. The Kier molecular flexibility index (Phi) is 15.0. The Morgan fingerprint density at radius 1 is 0.842 bits per heavy atom. The molecule has 0 aromatic heterocycles. The topological polar surface area (TPSA) is 47.6 Å². The van der Waals surface area contributed by atoms with Gasteiger partial charge in [-0.05, 0) is 12.8 Å². The molecule has 4 nitrogen and oxygen atoms in total. The van der Waals surface area contributed by atoms with Crippen LogP contribution in [0.4, 0.5) is 0 Å². The number of unbranched alkanes of at least 4 members (excludes halogenated alkanes) is 4. The molecule has 1 N–H and O–H groups in total. The summed E-state index contributed by atoms with van der Waals surface area (Å²) in [6, 6.07) is 0. The fourth-order valence-corrected chi connectivity index (χ4v) is 1.71. The minimum Gasteiger partial charge on any atom is -0.379 e. The van der Waals surface area contributed by atoms with Crippen molar-refractivity contribution < 1.29 is 14.3 Å².